The molecule has 1 fully saturated rings. The first-order valence-corrected chi connectivity index (χ1v) is 12.5. The molecule has 0 radical (unpaired) electrons. The third-order valence-electron chi connectivity index (χ3n) is 6.75. The number of likely N-dealkylation sites (N-methyl/N-ethyl adjacent to an activating group) is 1. The van der Waals surface area contributed by atoms with Gasteiger partial charge in [0.05, 0.1) is 36.0 Å². The molecule has 2 aromatic carbocycles. The maximum absolute atomic E-state index is 13.3. The first-order valence-electron chi connectivity index (χ1n) is 12.5. The Morgan fingerprint density at radius 2 is 1.78 bits per heavy atom. The van der Waals surface area contributed by atoms with E-state index in [0.717, 1.165) is 23.4 Å². The molecule has 190 valence electrons. The molecule has 1 aromatic heterocycles. The number of benzene rings is 2. The van der Waals surface area contributed by atoms with E-state index in [4.69, 9.17) is 5.26 Å². The average Bonchev–Trinajstić information content (AvgIpc) is 2.93. The van der Waals surface area contributed by atoms with Crippen LogP contribution in [0.5, 0.6) is 0 Å². The molecule has 0 aliphatic carbocycles. The molecule has 2 amide bonds. The Balaban J connectivity index is 1.38. The van der Waals surface area contributed by atoms with E-state index in [1.807, 2.05) is 72.6 Å². The predicted octanol–water partition coefficient (Wildman–Crippen LogP) is 3.35. The number of rotatable bonds is 9. The fraction of sp³-hybridized carbons (Fsp3) is 0.310. The molecule has 8 nitrogen and oxygen atoms in total. The van der Waals surface area contributed by atoms with Crippen molar-refractivity contribution >= 4 is 23.3 Å². The monoisotopic (exact) mass is 496 g/mol. The van der Waals surface area contributed by atoms with Gasteiger partial charge in [0, 0.05) is 33.2 Å². The van der Waals surface area contributed by atoms with Gasteiger partial charge in [0.15, 0.2) is 0 Å². The van der Waals surface area contributed by atoms with Gasteiger partial charge in [-0.25, -0.2) is 4.98 Å². The summed E-state index contributed by atoms with van der Waals surface area (Å²) in [5, 5.41) is 15.4. The molecular formula is C29H32N6O2. The fourth-order valence-corrected chi connectivity index (χ4v) is 4.33. The van der Waals surface area contributed by atoms with E-state index in [2.05, 4.69) is 28.6 Å². The minimum absolute atomic E-state index is 0.0790. The van der Waals surface area contributed by atoms with Crippen molar-refractivity contribution in [2.75, 3.05) is 50.0 Å². The van der Waals surface area contributed by atoms with Gasteiger partial charge < -0.3 is 20.4 Å². The molecule has 37 heavy (non-hydrogen) atoms. The summed E-state index contributed by atoms with van der Waals surface area (Å²) in [6, 6.07) is 23.1. The molecule has 1 aliphatic rings. The Labute approximate surface area is 217 Å². The molecule has 8 heteroatoms. The van der Waals surface area contributed by atoms with Gasteiger partial charge in [0.25, 0.3) is 0 Å². The molecule has 0 spiro atoms. The van der Waals surface area contributed by atoms with Gasteiger partial charge in [-0.05, 0) is 41.3 Å². The number of nitrogens with zero attached hydrogens (tertiary/aromatic N) is 4. The third-order valence-corrected chi connectivity index (χ3v) is 6.75. The van der Waals surface area contributed by atoms with E-state index < -0.39 is 5.92 Å². The number of anilines is 2. The molecular weight excluding hydrogens is 464 g/mol. The van der Waals surface area contributed by atoms with Crippen molar-refractivity contribution in [3.8, 4) is 6.07 Å². The average molecular weight is 497 g/mol. The lowest BCUT2D eigenvalue weighted by Crippen LogP contribution is -2.48. The van der Waals surface area contributed by atoms with Gasteiger partial charge in [-0.1, -0.05) is 49.4 Å². The van der Waals surface area contributed by atoms with E-state index in [9.17, 15) is 9.59 Å². The zero-order valence-electron chi connectivity index (χ0n) is 21.2. The van der Waals surface area contributed by atoms with Crippen molar-refractivity contribution in [1.29, 1.82) is 5.26 Å². The molecule has 2 heterocycles. The molecule has 2 N–H and O–H groups in total. The van der Waals surface area contributed by atoms with Crippen LogP contribution in [0.1, 0.15) is 35.4 Å². The zero-order valence-corrected chi connectivity index (χ0v) is 21.2. The van der Waals surface area contributed by atoms with E-state index in [1.165, 1.54) is 0 Å². The van der Waals surface area contributed by atoms with Crippen molar-refractivity contribution in [3.05, 3.63) is 89.6 Å². The van der Waals surface area contributed by atoms with E-state index in [1.54, 1.807) is 17.2 Å². The zero-order chi connectivity index (χ0) is 26.2. The van der Waals surface area contributed by atoms with Crippen LogP contribution in [-0.4, -0.2) is 61.5 Å². The molecule has 1 unspecified atom stereocenters. The number of hydrogen-bond acceptors (Lipinski definition) is 6. The van der Waals surface area contributed by atoms with Crippen LogP contribution in [0.25, 0.3) is 0 Å². The van der Waals surface area contributed by atoms with Crippen LogP contribution >= 0.6 is 0 Å². The second-order valence-electron chi connectivity index (χ2n) is 9.38. The molecule has 1 saturated heterocycles. The summed E-state index contributed by atoms with van der Waals surface area (Å²) < 4.78 is 0. The lowest BCUT2D eigenvalue weighted by molar-refractivity contribution is -0.129. The predicted molar refractivity (Wildman–Crippen MR) is 144 cm³/mol. The molecule has 2 atom stereocenters. The Kier molecular flexibility index (Phi) is 8.49. The number of pyridine rings is 1. The van der Waals surface area contributed by atoms with E-state index in [0.29, 0.717) is 37.6 Å². The number of carbonyl (C=O) groups excluding carboxylic acids is 2. The molecule has 0 bridgehead atoms. The number of piperazine rings is 1. The Morgan fingerprint density at radius 1 is 1.03 bits per heavy atom. The van der Waals surface area contributed by atoms with Crippen molar-refractivity contribution in [2.45, 2.75) is 18.8 Å². The Morgan fingerprint density at radius 3 is 2.43 bits per heavy atom. The first-order chi connectivity index (χ1) is 17.9. The van der Waals surface area contributed by atoms with E-state index >= 15 is 0 Å². The number of amides is 2. The van der Waals surface area contributed by atoms with Crippen LogP contribution < -0.4 is 15.5 Å². The van der Waals surface area contributed by atoms with Crippen LogP contribution in [-0.2, 0) is 9.59 Å². The van der Waals surface area contributed by atoms with Crippen LogP contribution in [0.2, 0.25) is 0 Å². The maximum Gasteiger partial charge on any atom is 0.241 e. The normalized spacial score (nSPS) is 15.1. The molecule has 0 saturated carbocycles. The lowest BCUT2D eigenvalue weighted by atomic mass is 9.96. The second-order valence-corrected chi connectivity index (χ2v) is 9.38. The van der Waals surface area contributed by atoms with Crippen molar-refractivity contribution in [1.82, 2.24) is 15.2 Å². The van der Waals surface area contributed by atoms with Gasteiger partial charge in [-0.15, -0.1) is 0 Å². The summed E-state index contributed by atoms with van der Waals surface area (Å²) in [6.45, 7) is 5.03. The largest absolute Gasteiger partial charge is 0.359 e. The summed E-state index contributed by atoms with van der Waals surface area (Å²) in [4.78, 5) is 33.5. The summed E-state index contributed by atoms with van der Waals surface area (Å²) in [5.41, 5.74) is 3.56. The molecule has 4 rings (SSSR count). The Bertz CT molecular complexity index is 1240. The van der Waals surface area contributed by atoms with Crippen molar-refractivity contribution in [2.24, 2.45) is 0 Å². The third kappa shape index (κ3) is 6.72. The van der Waals surface area contributed by atoms with Crippen LogP contribution in [0.3, 0.4) is 0 Å². The smallest absolute Gasteiger partial charge is 0.241 e. The highest BCUT2D eigenvalue weighted by Crippen LogP contribution is 2.21. The van der Waals surface area contributed by atoms with Crippen LogP contribution in [0.15, 0.2) is 72.9 Å². The first kappa shape index (κ1) is 25.9. The summed E-state index contributed by atoms with van der Waals surface area (Å²) in [5.74, 6) is 0.241. The highest BCUT2D eigenvalue weighted by molar-refractivity contribution is 5.95. The van der Waals surface area contributed by atoms with Gasteiger partial charge in [-0.2, -0.15) is 5.26 Å². The topological polar surface area (TPSA) is 101 Å². The highest BCUT2D eigenvalue weighted by Gasteiger charge is 2.23. The number of carbonyl (C=O) groups is 2. The minimum atomic E-state index is -0.397. The number of hydrogen-bond donors (Lipinski definition) is 2. The summed E-state index contributed by atoms with van der Waals surface area (Å²) >= 11 is 0. The minimum Gasteiger partial charge on any atom is -0.359 e. The maximum atomic E-state index is 13.3. The summed E-state index contributed by atoms with van der Waals surface area (Å²) in [6.07, 6.45) is 1.70. The quantitative estimate of drug-likeness (QED) is 0.471. The van der Waals surface area contributed by atoms with Crippen LogP contribution in [0.4, 0.5) is 11.5 Å². The summed E-state index contributed by atoms with van der Waals surface area (Å²) in [7, 11) is 1.81. The van der Waals surface area contributed by atoms with Gasteiger partial charge in [0.1, 0.15) is 5.82 Å². The molecule has 1 aliphatic heterocycles. The van der Waals surface area contributed by atoms with Gasteiger partial charge >= 0.3 is 0 Å². The second kappa shape index (κ2) is 12.2. The van der Waals surface area contributed by atoms with Gasteiger partial charge in [-0.3, -0.25) is 9.59 Å². The Hall–Kier alpha value is -4.22. The number of nitrogens with one attached hydrogen (secondary N) is 2. The van der Waals surface area contributed by atoms with Crippen LogP contribution in [0, 0.1) is 11.3 Å². The van der Waals surface area contributed by atoms with Gasteiger partial charge in [0.2, 0.25) is 11.8 Å². The van der Waals surface area contributed by atoms with Crippen molar-refractivity contribution < 1.29 is 9.59 Å². The fourth-order valence-electron chi connectivity index (χ4n) is 4.33. The number of aromatic nitrogens is 1. The SMILES string of the molecule is C[C@H](CNCC(C(=O)Nc1ccc(N2CCN(C)C(=O)C2)cn1)c1ccccc1)c1ccc(C#N)cc1. The highest BCUT2D eigenvalue weighted by atomic mass is 16.2. The standard InChI is InChI=1S/C29H32N6O2/c1-21(23-10-8-22(16-30)9-11-23)17-31-19-26(24-6-4-3-5-7-24)29(37)33-27-13-12-25(18-32-27)35-15-14-34(2)28(36)20-35/h3-13,18,21,26,31H,14-15,17,19-20H2,1-2H3,(H,32,33,37)/t21-,26?/m1/s1. The van der Waals surface area contributed by atoms with Crippen molar-refractivity contribution in [3.63, 3.8) is 0 Å². The number of nitriles is 1. The lowest BCUT2D eigenvalue weighted by Gasteiger charge is -2.33. The molecule has 3 aromatic rings. The van der Waals surface area contributed by atoms with E-state index in [-0.39, 0.29) is 17.7 Å².